The van der Waals surface area contributed by atoms with Crippen LogP contribution >= 0.6 is 27.3 Å². The van der Waals surface area contributed by atoms with Crippen LogP contribution in [0.5, 0.6) is 0 Å². The molecule has 0 amide bonds. The number of hydrogen-bond acceptors (Lipinski definition) is 3. The van der Waals surface area contributed by atoms with Crippen molar-refractivity contribution >= 4 is 27.3 Å². The Kier molecular flexibility index (Phi) is 3.50. The molecule has 2 rings (SSSR count). The molecule has 1 aromatic heterocycles. The van der Waals surface area contributed by atoms with Gasteiger partial charge in [-0.15, -0.1) is 11.3 Å². The Bertz CT molecular complexity index is 333. The van der Waals surface area contributed by atoms with Gasteiger partial charge in [-0.25, -0.2) is 0 Å². The topological polar surface area (TPSA) is 29.3 Å². The lowest BCUT2D eigenvalue weighted by molar-refractivity contribution is 0.307. The normalized spacial score (nSPS) is 18.4. The summed E-state index contributed by atoms with van der Waals surface area (Å²) in [4.78, 5) is 3.79. The molecule has 1 heterocycles. The van der Waals surface area contributed by atoms with Gasteiger partial charge in [0.05, 0.1) is 3.79 Å². The second-order valence-corrected chi connectivity index (χ2v) is 7.10. The van der Waals surface area contributed by atoms with Crippen molar-refractivity contribution in [2.75, 3.05) is 20.1 Å². The maximum atomic E-state index is 6.07. The second kappa shape index (κ2) is 4.53. The smallest absolute Gasteiger partial charge is 0.0701 e. The largest absolute Gasteiger partial charge is 0.324 e. The van der Waals surface area contributed by atoms with E-state index in [1.54, 1.807) is 0 Å². The van der Waals surface area contributed by atoms with Crippen molar-refractivity contribution < 1.29 is 0 Å². The summed E-state index contributed by atoms with van der Waals surface area (Å²) < 4.78 is 1.22. The van der Waals surface area contributed by atoms with E-state index in [1.165, 1.54) is 21.5 Å². The van der Waals surface area contributed by atoms with E-state index in [0.717, 1.165) is 19.5 Å². The molecule has 1 aliphatic carbocycles. The Morgan fingerprint density at radius 3 is 2.80 bits per heavy atom. The van der Waals surface area contributed by atoms with Crippen LogP contribution in [-0.2, 0) is 6.42 Å². The lowest BCUT2D eigenvalue weighted by Crippen LogP contribution is -2.38. The molecule has 0 radical (unpaired) electrons. The third-order valence-corrected chi connectivity index (χ3v) is 4.53. The molecule has 15 heavy (non-hydrogen) atoms. The number of hydrogen-bond donors (Lipinski definition) is 1. The zero-order valence-electron chi connectivity index (χ0n) is 9.00. The first kappa shape index (κ1) is 11.6. The van der Waals surface area contributed by atoms with Crippen molar-refractivity contribution in [3.05, 3.63) is 20.8 Å². The van der Waals surface area contributed by atoms with Gasteiger partial charge in [-0.3, -0.25) is 0 Å². The van der Waals surface area contributed by atoms with Crippen molar-refractivity contribution in [3.63, 3.8) is 0 Å². The van der Waals surface area contributed by atoms with Crippen molar-refractivity contribution in [1.82, 2.24) is 4.90 Å². The Morgan fingerprint density at radius 1 is 1.53 bits per heavy atom. The fourth-order valence-electron chi connectivity index (χ4n) is 1.72. The average molecular weight is 289 g/mol. The first-order valence-electron chi connectivity index (χ1n) is 5.29. The van der Waals surface area contributed by atoms with Gasteiger partial charge in [0, 0.05) is 23.5 Å². The summed E-state index contributed by atoms with van der Waals surface area (Å²) in [6.45, 7) is 2.14. The minimum atomic E-state index is 0.144. The minimum Gasteiger partial charge on any atom is -0.324 e. The summed E-state index contributed by atoms with van der Waals surface area (Å²) in [5, 5.41) is 0. The molecule has 4 heteroatoms. The number of thiophene rings is 1. The molecule has 0 atom stereocenters. The van der Waals surface area contributed by atoms with Gasteiger partial charge in [-0.2, -0.15) is 0 Å². The van der Waals surface area contributed by atoms with Gasteiger partial charge < -0.3 is 10.6 Å². The summed E-state index contributed by atoms with van der Waals surface area (Å²) in [5.41, 5.74) is 6.22. The molecule has 2 nitrogen and oxygen atoms in total. The molecule has 0 bridgehead atoms. The van der Waals surface area contributed by atoms with Crippen LogP contribution < -0.4 is 5.73 Å². The number of nitrogens with two attached hydrogens (primary N) is 1. The average Bonchev–Trinajstić information content (AvgIpc) is 2.74. The predicted octanol–water partition coefficient (Wildman–Crippen LogP) is 2.48. The first-order valence-corrected chi connectivity index (χ1v) is 6.90. The van der Waals surface area contributed by atoms with Crippen LogP contribution in [0, 0.1) is 0 Å². The zero-order chi connectivity index (χ0) is 10.9. The summed E-state index contributed by atoms with van der Waals surface area (Å²) in [7, 11) is 2.16. The van der Waals surface area contributed by atoms with E-state index < -0.39 is 0 Å². The van der Waals surface area contributed by atoms with E-state index in [0.29, 0.717) is 0 Å². The maximum Gasteiger partial charge on any atom is 0.0701 e. The molecule has 1 fully saturated rings. The highest BCUT2D eigenvalue weighted by Crippen LogP contribution is 2.32. The molecule has 0 aromatic carbocycles. The van der Waals surface area contributed by atoms with Crippen molar-refractivity contribution in [1.29, 1.82) is 0 Å². The second-order valence-electron chi connectivity index (χ2n) is 4.56. The van der Waals surface area contributed by atoms with Crippen molar-refractivity contribution in [2.24, 2.45) is 5.73 Å². The van der Waals surface area contributed by atoms with Gasteiger partial charge in [-0.05, 0) is 54.4 Å². The number of likely N-dealkylation sites (N-methyl/N-ethyl adjacent to an activating group) is 1. The quantitative estimate of drug-likeness (QED) is 0.902. The van der Waals surface area contributed by atoms with Crippen molar-refractivity contribution in [2.45, 2.75) is 24.8 Å². The molecular formula is C11H17BrN2S. The van der Waals surface area contributed by atoms with Crippen LogP contribution in [-0.4, -0.2) is 30.6 Å². The Hall–Kier alpha value is 0.1000. The standard InChI is InChI=1S/C11H17BrN2S/c1-14(8-11(13)5-6-11)7-4-9-2-3-10(12)15-9/h2-3H,4-8,13H2,1H3. The van der Waals surface area contributed by atoms with Crippen LogP contribution in [0.3, 0.4) is 0 Å². The summed E-state index contributed by atoms with van der Waals surface area (Å²) in [6, 6.07) is 4.31. The number of rotatable bonds is 5. The Labute approximate surface area is 104 Å². The maximum absolute atomic E-state index is 6.07. The van der Waals surface area contributed by atoms with Gasteiger partial charge in [0.25, 0.3) is 0 Å². The molecule has 1 aromatic rings. The van der Waals surface area contributed by atoms with Crippen LogP contribution in [0.2, 0.25) is 0 Å². The third-order valence-electron chi connectivity index (χ3n) is 2.85. The fourth-order valence-corrected chi connectivity index (χ4v) is 3.19. The van der Waals surface area contributed by atoms with Crippen LogP contribution in [0.15, 0.2) is 15.9 Å². The van der Waals surface area contributed by atoms with E-state index in [2.05, 4.69) is 40.0 Å². The van der Waals surface area contributed by atoms with Gasteiger partial charge >= 0.3 is 0 Å². The molecule has 0 unspecified atom stereocenters. The molecule has 0 saturated heterocycles. The molecule has 84 valence electrons. The highest BCUT2D eigenvalue weighted by atomic mass is 79.9. The lowest BCUT2D eigenvalue weighted by atomic mass is 10.2. The Balaban J connectivity index is 1.73. The van der Waals surface area contributed by atoms with E-state index in [9.17, 15) is 0 Å². The molecule has 0 spiro atoms. The van der Waals surface area contributed by atoms with Crippen LogP contribution in [0.4, 0.5) is 0 Å². The first-order chi connectivity index (χ1) is 7.07. The molecule has 2 N–H and O–H groups in total. The van der Waals surface area contributed by atoms with Crippen molar-refractivity contribution in [3.8, 4) is 0 Å². The van der Waals surface area contributed by atoms with Gasteiger partial charge in [-0.1, -0.05) is 0 Å². The molecule has 1 saturated carbocycles. The van der Waals surface area contributed by atoms with E-state index in [4.69, 9.17) is 5.73 Å². The van der Waals surface area contributed by atoms with Gasteiger partial charge in [0.1, 0.15) is 0 Å². The van der Waals surface area contributed by atoms with E-state index >= 15 is 0 Å². The third kappa shape index (κ3) is 3.55. The Morgan fingerprint density at radius 2 is 2.27 bits per heavy atom. The molecular weight excluding hydrogens is 272 g/mol. The number of halogens is 1. The lowest BCUT2D eigenvalue weighted by Gasteiger charge is -2.20. The number of nitrogens with zero attached hydrogens (tertiary/aromatic N) is 1. The van der Waals surface area contributed by atoms with E-state index in [1.807, 2.05) is 11.3 Å². The highest BCUT2D eigenvalue weighted by molar-refractivity contribution is 9.11. The predicted molar refractivity (Wildman–Crippen MR) is 69.4 cm³/mol. The highest BCUT2D eigenvalue weighted by Gasteiger charge is 2.38. The SMILES string of the molecule is CN(CCc1ccc(Br)s1)CC1(N)CC1. The van der Waals surface area contributed by atoms with Gasteiger partial charge in [0.15, 0.2) is 0 Å². The minimum absolute atomic E-state index is 0.144. The van der Waals surface area contributed by atoms with E-state index in [-0.39, 0.29) is 5.54 Å². The fraction of sp³-hybridized carbons (Fsp3) is 0.636. The van der Waals surface area contributed by atoms with Gasteiger partial charge in [0.2, 0.25) is 0 Å². The zero-order valence-corrected chi connectivity index (χ0v) is 11.4. The van der Waals surface area contributed by atoms with Crippen LogP contribution in [0.25, 0.3) is 0 Å². The summed E-state index contributed by atoms with van der Waals surface area (Å²) in [6.07, 6.45) is 3.52. The monoisotopic (exact) mass is 288 g/mol. The summed E-state index contributed by atoms with van der Waals surface area (Å²) >= 11 is 5.30. The summed E-state index contributed by atoms with van der Waals surface area (Å²) in [5.74, 6) is 0. The molecule has 0 aliphatic heterocycles. The molecule has 1 aliphatic rings. The van der Waals surface area contributed by atoms with Crippen LogP contribution in [0.1, 0.15) is 17.7 Å².